The number of thioether (sulfide) groups is 1. The zero-order valence-electron chi connectivity index (χ0n) is 12.2. The van der Waals surface area contributed by atoms with Crippen molar-refractivity contribution in [3.8, 4) is 0 Å². The van der Waals surface area contributed by atoms with Crippen molar-refractivity contribution >= 4 is 17.7 Å². The van der Waals surface area contributed by atoms with E-state index in [1.807, 2.05) is 30.3 Å². The first-order chi connectivity index (χ1) is 10.7. The summed E-state index contributed by atoms with van der Waals surface area (Å²) in [5, 5.41) is 3.05. The van der Waals surface area contributed by atoms with Gasteiger partial charge in [-0.05, 0) is 42.2 Å². The van der Waals surface area contributed by atoms with Crippen molar-refractivity contribution in [2.24, 2.45) is 0 Å². The van der Waals surface area contributed by atoms with Crippen LogP contribution in [0.4, 0.5) is 4.39 Å². The fourth-order valence-electron chi connectivity index (χ4n) is 2.68. The van der Waals surface area contributed by atoms with Crippen LogP contribution < -0.4 is 5.32 Å². The summed E-state index contributed by atoms with van der Waals surface area (Å²) in [4.78, 5) is 13.2. The van der Waals surface area contributed by atoms with Gasteiger partial charge in [0, 0.05) is 17.1 Å². The number of hydrogen-bond donors (Lipinski definition) is 1. The minimum Gasteiger partial charge on any atom is -0.349 e. The molecular formula is C18H18FNOS. The number of carbonyl (C=O) groups excluding carboxylic acids is 1. The maximum atomic E-state index is 13.5. The maximum Gasteiger partial charge on any atom is 0.220 e. The summed E-state index contributed by atoms with van der Waals surface area (Å²) in [7, 11) is 0. The molecule has 0 saturated carbocycles. The van der Waals surface area contributed by atoms with Gasteiger partial charge in [0.2, 0.25) is 5.91 Å². The lowest BCUT2D eigenvalue weighted by atomic mass is 10.0. The monoisotopic (exact) mass is 315 g/mol. The number of fused-ring (bicyclic) bond motifs is 1. The molecule has 4 heteroatoms. The lowest BCUT2D eigenvalue weighted by molar-refractivity contribution is -0.121. The van der Waals surface area contributed by atoms with Gasteiger partial charge in [-0.2, -0.15) is 0 Å². The van der Waals surface area contributed by atoms with Crippen LogP contribution in [0.2, 0.25) is 0 Å². The molecule has 0 radical (unpaired) electrons. The Morgan fingerprint density at radius 2 is 2.05 bits per heavy atom. The summed E-state index contributed by atoms with van der Waals surface area (Å²) >= 11 is 1.72. The standard InChI is InChI=1S/C18H18FNOS/c19-14-7-8-17-15(12-14)16(10-11-22-17)20-18(21)9-6-13-4-2-1-3-5-13/h1-5,7-8,12,16H,6,9-11H2,(H,20,21)/t16-/m1/s1. The molecule has 1 aliphatic heterocycles. The summed E-state index contributed by atoms with van der Waals surface area (Å²) in [6, 6.07) is 14.7. The number of carbonyl (C=O) groups is 1. The topological polar surface area (TPSA) is 29.1 Å². The van der Waals surface area contributed by atoms with Gasteiger partial charge in [-0.3, -0.25) is 4.79 Å². The maximum absolute atomic E-state index is 13.5. The van der Waals surface area contributed by atoms with Crippen LogP contribution in [0.3, 0.4) is 0 Å². The van der Waals surface area contributed by atoms with Crippen molar-refractivity contribution in [3.63, 3.8) is 0 Å². The van der Waals surface area contributed by atoms with Crippen LogP contribution in [-0.2, 0) is 11.2 Å². The van der Waals surface area contributed by atoms with Gasteiger partial charge in [0.1, 0.15) is 5.82 Å². The molecule has 2 nitrogen and oxygen atoms in total. The molecular weight excluding hydrogens is 297 g/mol. The first kappa shape index (κ1) is 15.1. The normalized spacial score (nSPS) is 16.9. The fraction of sp³-hybridized carbons (Fsp3) is 0.278. The van der Waals surface area contributed by atoms with Crippen LogP contribution in [0.5, 0.6) is 0 Å². The SMILES string of the molecule is O=C(CCc1ccccc1)N[C@@H]1CCSc2ccc(F)cc21. The molecule has 0 aliphatic carbocycles. The molecule has 22 heavy (non-hydrogen) atoms. The van der Waals surface area contributed by atoms with Gasteiger partial charge in [0.15, 0.2) is 0 Å². The van der Waals surface area contributed by atoms with Gasteiger partial charge < -0.3 is 5.32 Å². The molecule has 2 aromatic rings. The van der Waals surface area contributed by atoms with Gasteiger partial charge in [0.25, 0.3) is 0 Å². The Hall–Kier alpha value is -1.81. The van der Waals surface area contributed by atoms with Crippen molar-refractivity contribution in [2.75, 3.05) is 5.75 Å². The van der Waals surface area contributed by atoms with Gasteiger partial charge in [-0.1, -0.05) is 30.3 Å². The minimum atomic E-state index is -0.246. The Kier molecular flexibility index (Phi) is 4.78. The van der Waals surface area contributed by atoms with Gasteiger partial charge in [-0.25, -0.2) is 4.39 Å². The smallest absolute Gasteiger partial charge is 0.220 e. The molecule has 0 saturated heterocycles. The van der Waals surface area contributed by atoms with Crippen molar-refractivity contribution in [1.82, 2.24) is 5.32 Å². The number of benzene rings is 2. The lowest BCUT2D eigenvalue weighted by Gasteiger charge is -2.26. The van der Waals surface area contributed by atoms with Gasteiger partial charge >= 0.3 is 0 Å². The molecule has 2 aromatic carbocycles. The molecule has 1 N–H and O–H groups in total. The Bertz CT molecular complexity index is 659. The zero-order valence-corrected chi connectivity index (χ0v) is 13.0. The number of nitrogens with one attached hydrogen (secondary N) is 1. The molecule has 0 aromatic heterocycles. The fourth-order valence-corrected chi connectivity index (χ4v) is 3.79. The van der Waals surface area contributed by atoms with Crippen LogP contribution in [0.25, 0.3) is 0 Å². The molecule has 0 fully saturated rings. The summed E-state index contributed by atoms with van der Waals surface area (Å²) in [5.74, 6) is 0.725. The highest BCUT2D eigenvalue weighted by Crippen LogP contribution is 2.36. The van der Waals surface area contributed by atoms with Crippen LogP contribution in [0, 0.1) is 5.82 Å². The van der Waals surface area contributed by atoms with E-state index in [4.69, 9.17) is 0 Å². The highest BCUT2D eigenvalue weighted by molar-refractivity contribution is 7.99. The van der Waals surface area contributed by atoms with Crippen LogP contribution >= 0.6 is 11.8 Å². The number of aryl methyl sites for hydroxylation is 1. The van der Waals surface area contributed by atoms with Gasteiger partial charge in [-0.15, -0.1) is 11.8 Å². The third kappa shape index (κ3) is 3.69. The van der Waals surface area contributed by atoms with Crippen LogP contribution in [0.1, 0.15) is 30.0 Å². The zero-order chi connectivity index (χ0) is 15.4. The molecule has 0 spiro atoms. The Labute approximate surface area is 134 Å². The average Bonchev–Trinajstić information content (AvgIpc) is 2.54. The first-order valence-electron chi connectivity index (χ1n) is 7.48. The molecule has 0 bridgehead atoms. The predicted octanol–water partition coefficient (Wildman–Crippen LogP) is 4.11. The van der Waals surface area contributed by atoms with Crippen molar-refractivity contribution < 1.29 is 9.18 Å². The van der Waals surface area contributed by atoms with E-state index in [2.05, 4.69) is 5.32 Å². The first-order valence-corrected chi connectivity index (χ1v) is 8.46. The number of halogens is 1. The van der Waals surface area contributed by atoms with Crippen LogP contribution in [-0.4, -0.2) is 11.7 Å². The summed E-state index contributed by atoms with van der Waals surface area (Å²) < 4.78 is 13.5. The highest BCUT2D eigenvalue weighted by atomic mass is 32.2. The van der Waals surface area contributed by atoms with E-state index in [0.717, 1.165) is 34.6 Å². The van der Waals surface area contributed by atoms with Crippen molar-refractivity contribution in [1.29, 1.82) is 0 Å². The molecule has 1 heterocycles. The predicted molar refractivity (Wildman–Crippen MR) is 87.4 cm³/mol. The Morgan fingerprint density at radius 3 is 2.86 bits per heavy atom. The average molecular weight is 315 g/mol. The van der Waals surface area contributed by atoms with E-state index in [-0.39, 0.29) is 17.8 Å². The summed E-state index contributed by atoms with van der Waals surface area (Å²) in [6.07, 6.45) is 2.03. The van der Waals surface area contributed by atoms with E-state index in [0.29, 0.717) is 6.42 Å². The van der Waals surface area contributed by atoms with Crippen molar-refractivity contribution in [3.05, 3.63) is 65.5 Å². The summed E-state index contributed by atoms with van der Waals surface area (Å²) in [5.41, 5.74) is 2.06. The van der Waals surface area contributed by atoms with E-state index in [9.17, 15) is 9.18 Å². The third-order valence-corrected chi connectivity index (χ3v) is 4.95. The number of amides is 1. The number of hydrogen-bond acceptors (Lipinski definition) is 2. The molecule has 1 aliphatic rings. The van der Waals surface area contributed by atoms with E-state index >= 15 is 0 Å². The molecule has 0 unspecified atom stereocenters. The Morgan fingerprint density at radius 1 is 1.23 bits per heavy atom. The van der Waals surface area contributed by atoms with Gasteiger partial charge in [0.05, 0.1) is 6.04 Å². The highest BCUT2D eigenvalue weighted by Gasteiger charge is 2.22. The van der Waals surface area contributed by atoms with E-state index in [1.54, 1.807) is 23.9 Å². The van der Waals surface area contributed by atoms with E-state index < -0.39 is 0 Å². The second-order valence-electron chi connectivity index (χ2n) is 5.42. The quantitative estimate of drug-likeness (QED) is 0.920. The molecule has 3 rings (SSSR count). The third-order valence-electron chi connectivity index (χ3n) is 3.83. The largest absolute Gasteiger partial charge is 0.349 e. The van der Waals surface area contributed by atoms with Crippen molar-refractivity contribution in [2.45, 2.75) is 30.2 Å². The number of rotatable bonds is 4. The molecule has 114 valence electrons. The summed E-state index contributed by atoms with van der Waals surface area (Å²) in [6.45, 7) is 0. The minimum absolute atomic E-state index is 0.0240. The molecule has 1 amide bonds. The second kappa shape index (κ2) is 6.97. The van der Waals surface area contributed by atoms with Crippen LogP contribution in [0.15, 0.2) is 53.4 Å². The van der Waals surface area contributed by atoms with E-state index in [1.165, 1.54) is 6.07 Å². The second-order valence-corrected chi connectivity index (χ2v) is 6.56. The molecule has 1 atom stereocenters. The lowest BCUT2D eigenvalue weighted by Crippen LogP contribution is -2.30. The Balaban J connectivity index is 1.62.